The number of carbonyl (C=O) groups excluding carboxylic acids is 3. The van der Waals surface area contributed by atoms with Crippen LogP contribution in [0, 0.1) is 0 Å². The highest BCUT2D eigenvalue weighted by atomic mass is 16.6. The number of carbonyl (C=O) groups is 4. The zero-order chi connectivity index (χ0) is 24.8. The number of hydrogen-bond acceptors (Lipinski definition) is 7. The van der Waals surface area contributed by atoms with Crippen LogP contribution in [0.4, 0.5) is 4.79 Å². The summed E-state index contributed by atoms with van der Waals surface area (Å²) in [7, 11) is 0. The maximum Gasteiger partial charge on any atom is 0.408 e. The molecule has 5 N–H and O–H groups in total. The highest BCUT2D eigenvalue weighted by Crippen LogP contribution is 2.20. The van der Waals surface area contributed by atoms with Crippen LogP contribution in [0.2, 0.25) is 0 Å². The quantitative estimate of drug-likeness (QED) is 0.367. The van der Waals surface area contributed by atoms with Crippen LogP contribution in [0.3, 0.4) is 0 Å². The summed E-state index contributed by atoms with van der Waals surface area (Å²) in [5, 5.41) is 33.3. The Kier molecular flexibility index (Phi) is 8.63. The minimum absolute atomic E-state index is 0.0122. The number of alkyl carbamates (subject to hydrolysis) is 1. The first-order chi connectivity index (χ1) is 15.4. The van der Waals surface area contributed by atoms with E-state index in [1.165, 1.54) is 17.0 Å². The largest absolute Gasteiger partial charge is 0.508 e. The van der Waals surface area contributed by atoms with Crippen molar-refractivity contribution in [2.24, 2.45) is 0 Å². The number of amides is 3. The fourth-order valence-electron chi connectivity index (χ4n) is 3.47. The SMILES string of the molecule is CC(C)(C)OC(=O)N[C@@H](CO)C(=O)N[C@@H](Cc1ccc(O)cc1)C(=O)N1CCC[C@H]1C(=O)O. The molecular weight excluding hydrogens is 434 g/mol. The van der Waals surface area contributed by atoms with Crippen LogP contribution in [-0.2, 0) is 25.5 Å². The fraction of sp³-hybridized carbons (Fsp3) is 0.545. The van der Waals surface area contributed by atoms with Crippen LogP contribution in [0.5, 0.6) is 5.75 Å². The maximum atomic E-state index is 13.2. The van der Waals surface area contributed by atoms with E-state index in [2.05, 4.69) is 10.6 Å². The smallest absolute Gasteiger partial charge is 0.408 e. The van der Waals surface area contributed by atoms with Crippen LogP contribution in [0.25, 0.3) is 0 Å². The third-order valence-electron chi connectivity index (χ3n) is 5.00. The molecule has 1 saturated heterocycles. The van der Waals surface area contributed by atoms with Crippen molar-refractivity contribution < 1.29 is 39.2 Å². The molecule has 0 spiro atoms. The average Bonchev–Trinajstić information content (AvgIpc) is 3.21. The van der Waals surface area contributed by atoms with Gasteiger partial charge in [-0.25, -0.2) is 9.59 Å². The third kappa shape index (κ3) is 7.63. The lowest BCUT2D eigenvalue weighted by Gasteiger charge is -2.29. The molecule has 0 radical (unpaired) electrons. The number of ether oxygens (including phenoxy) is 1. The van der Waals surface area contributed by atoms with E-state index >= 15 is 0 Å². The zero-order valence-corrected chi connectivity index (χ0v) is 18.9. The number of aliphatic hydroxyl groups is 1. The number of carboxylic acid groups (broad SMARTS) is 1. The second-order valence-corrected chi connectivity index (χ2v) is 8.84. The number of aliphatic hydroxyl groups excluding tert-OH is 1. The van der Waals surface area contributed by atoms with Crippen molar-refractivity contribution >= 4 is 23.9 Å². The number of rotatable bonds is 8. The van der Waals surface area contributed by atoms with Gasteiger partial charge in [0, 0.05) is 13.0 Å². The summed E-state index contributed by atoms with van der Waals surface area (Å²) in [6, 6.07) is 2.46. The van der Waals surface area contributed by atoms with Gasteiger partial charge in [0.05, 0.1) is 6.61 Å². The number of aliphatic carboxylic acids is 1. The Morgan fingerprint density at radius 1 is 1.12 bits per heavy atom. The van der Waals surface area contributed by atoms with E-state index in [-0.39, 0.29) is 18.7 Å². The van der Waals surface area contributed by atoms with Crippen LogP contribution in [0.15, 0.2) is 24.3 Å². The second-order valence-electron chi connectivity index (χ2n) is 8.84. The third-order valence-corrected chi connectivity index (χ3v) is 5.00. The van der Waals surface area contributed by atoms with Gasteiger partial charge in [-0.1, -0.05) is 12.1 Å². The number of nitrogens with one attached hydrogen (secondary N) is 2. The highest BCUT2D eigenvalue weighted by Gasteiger charge is 2.38. The first-order valence-electron chi connectivity index (χ1n) is 10.6. The predicted octanol–water partition coefficient (Wildman–Crippen LogP) is 0.381. The summed E-state index contributed by atoms with van der Waals surface area (Å²) < 4.78 is 5.10. The molecule has 2 rings (SSSR count). The van der Waals surface area contributed by atoms with Gasteiger partial charge in [0.1, 0.15) is 29.5 Å². The van der Waals surface area contributed by atoms with Crippen LogP contribution >= 0.6 is 0 Å². The maximum absolute atomic E-state index is 13.2. The van der Waals surface area contributed by atoms with E-state index in [9.17, 15) is 34.5 Å². The van der Waals surface area contributed by atoms with Gasteiger partial charge in [-0.2, -0.15) is 0 Å². The van der Waals surface area contributed by atoms with E-state index in [0.717, 1.165) is 0 Å². The molecule has 1 heterocycles. The molecule has 0 unspecified atom stereocenters. The van der Waals surface area contributed by atoms with E-state index < -0.39 is 54.2 Å². The zero-order valence-electron chi connectivity index (χ0n) is 18.9. The van der Waals surface area contributed by atoms with Gasteiger partial charge in [-0.3, -0.25) is 9.59 Å². The number of nitrogens with zero attached hydrogens (tertiary/aromatic N) is 1. The number of likely N-dealkylation sites (tertiary alicyclic amines) is 1. The molecule has 0 aromatic heterocycles. The number of phenolic OH excluding ortho intramolecular Hbond substituents is 1. The molecule has 33 heavy (non-hydrogen) atoms. The Bertz CT molecular complexity index is 865. The van der Waals surface area contributed by atoms with Crippen molar-refractivity contribution in [2.75, 3.05) is 13.2 Å². The summed E-state index contributed by atoms with van der Waals surface area (Å²) in [5.41, 5.74) is -0.210. The summed E-state index contributed by atoms with van der Waals surface area (Å²) in [6.45, 7) is 4.41. The van der Waals surface area contributed by atoms with Crippen LogP contribution in [-0.4, -0.2) is 81.0 Å². The number of benzene rings is 1. The summed E-state index contributed by atoms with van der Waals surface area (Å²) in [4.78, 5) is 50.8. The molecule has 1 aromatic rings. The molecule has 11 heteroatoms. The molecule has 1 fully saturated rings. The lowest BCUT2D eigenvalue weighted by molar-refractivity contribution is -0.149. The minimum Gasteiger partial charge on any atom is -0.508 e. The minimum atomic E-state index is -1.39. The van der Waals surface area contributed by atoms with Gasteiger partial charge in [-0.05, 0) is 51.3 Å². The van der Waals surface area contributed by atoms with Crippen molar-refractivity contribution in [3.8, 4) is 5.75 Å². The molecular formula is C22H31N3O8. The Balaban J connectivity index is 2.20. The predicted molar refractivity (Wildman–Crippen MR) is 116 cm³/mol. The lowest BCUT2D eigenvalue weighted by Crippen LogP contribution is -2.57. The topological polar surface area (TPSA) is 166 Å². The molecule has 11 nitrogen and oxygen atoms in total. The Labute approximate surface area is 191 Å². The molecule has 3 amide bonds. The van der Waals surface area contributed by atoms with Gasteiger partial charge < -0.3 is 35.6 Å². The van der Waals surface area contributed by atoms with Crippen LogP contribution < -0.4 is 10.6 Å². The molecule has 182 valence electrons. The molecule has 1 aliphatic rings. The summed E-state index contributed by atoms with van der Waals surface area (Å²) in [6.07, 6.45) is -0.0793. The van der Waals surface area contributed by atoms with Gasteiger partial charge >= 0.3 is 12.1 Å². The Hall–Kier alpha value is -3.34. The van der Waals surface area contributed by atoms with Gasteiger partial charge in [0.15, 0.2) is 0 Å². The summed E-state index contributed by atoms with van der Waals surface area (Å²) in [5.74, 6) is -2.52. The Morgan fingerprint density at radius 2 is 1.76 bits per heavy atom. The van der Waals surface area contributed by atoms with Crippen molar-refractivity contribution in [1.29, 1.82) is 0 Å². The van der Waals surface area contributed by atoms with Gasteiger partial charge in [0.2, 0.25) is 11.8 Å². The molecule has 0 aliphatic carbocycles. The number of aromatic hydroxyl groups is 1. The molecule has 1 aromatic carbocycles. The molecule has 0 saturated carbocycles. The summed E-state index contributed by atoms with van der Waals surface area (Å²) >= 11 is 0. The monoisotopic (exact) mass is 465 g/mol. The molecule has 1 aliphatic heterocycles. The first kappa shape index (κ1) is 25.9. The van der Waals surface area contributed by atoms with E-state index in [0.29, 0.717) is 18.4 Å². The van der Waals surface area contributed by atoms with Crippen molar-refractivity contribution in [2.45, 2.75) is 63.8 Å². The van der Waals surface area contributed by atoms with E-state index in [1.54, 1.807) is 32.9 Å². The first-order valence-corrected chi connectivity index (χ1v) is 10.6. The van der Waals surface area contributed by atoms with E-state index in [1.807, 2.05) is 0 Å². The van der Waals surface area contributed by atoms with Gasteiger partial charge in [0.25, 0.3) is 0 Å². The van der Waals surface area contributed by atoms with Crippen molar-refractivity contribution in [3.05, 3.63) is 29.8 Å². The number of phenols is 1. The van der Waals surface area contributed by atoms with Crippen molar-refractivity contribution in [1.82, 2.24) is 15.5 Å². The van der Waals surface area contributed by atoms with Crippen molar-refractivity contribution in [3.63, 3.8) is 0 Å². The standard InChI is InChI=1S/C22H31N3O8/c1-22(2,3)33-21(32)24-16(12-26)18(28)23-15(11-13-6-8-14(27)9-7-13)19(29)25-10-4-5-17(25)20(30)31/h6-9,15-17,26-27H,4-5,10-12H2,1-3H3,(H,23,28)(H,24,32)(H,30,31)/t15-,16-,17-/m0/s1. The fourth-order valence-corrected chi connectivity index (χ4v) is 3.47. The van der Waals surface area contributed by atoms with E-state index in [4.69, 9.17) is 4.74 Å². The van der Waals surface area contributed by atoms with Gasteiger partial charge in [-0.15, -0.1) is 0 Å². The number of carboxylic acids is 1. The normalized spacial score (nSPS) is 17.7. The molecule has 0 bridgehead atoms. The highest BCUT2D eigenvalue weighted by molar-refractivity contribution is 5.93. The average molecular weight is 466 g/mol. The molecule has 3 atom stereocenters. The lowest BCUT2D eigenvalue weighted by atomic mass is 10.0. The number of hydrogen-bond donors (Lipinski definition) is 5. The van der Waals surface area contributed by atoms with Crippen LogP contribution in [0.1, 0.15) is 39.2 Å². The Morgan fingerprint density at radius 3 is 2.30 bits per heavy atom. The second kappa shape index (κ2) is 11.0.